The Balaban J connectivity index is 1.48. The van der Waals surface area contributed by atoms with Crippen molar-refractivity contribution in [1.29, 1.82) is 0 Å². The molecular weight excluding hydrogens is 354 g/mol. The Hall–Kier alpha value is -2.44. The van der Waals surface area contributed by atoms with E-state index in [2.05, 4.69) is 74.6 Å². The highest BCUT2D eigenvalue weighted by Crippen LogP contribution is 2.20. The minimum Gasteiger partial charge on any atom is -0.360 e. The summed E-state index contributed by atoms with van der Waals surface area (Å²) in [5.74, 6) is 0. The fraction of sp³-hybridized carbons (Fsp3) is 0.333. The second-order valence-corrected chi connectivity index (χ2v) is 7.40. The summed E-state index contributed by atoms with van der Waals surface area (Å²) in [6, 6.07) is 14.8. The van der Waals surface area contributed by atoms with Crippen molar-refractivity contribution >= 4 is 17.9 Å². The number of quaternary nitrogens is 1. The van der Waals surface area contributed by atoms with Crippen molar-refractivity contribution in [3.63, 3.8) is 0 Å². The summed E-state index contributed by atoms with van der Waals surface area (Å²) in [7, 11) is 0. The number of H-pyrrole nitrogens is 1. The predicted octanol–water partition coefficient (Wildman–Crippen LogP) is 1.88. The normalized spacial score (nSPS) is 15.2. The average Bonchev–Trinajstić information content (AvgIpc) is 3.05. The molecule has 0 saturated carbocycles. The van der Waals surface area contributed by atoms with E-state index in [1.807, 2.05) is 12.4 Å². The first kappa shape index (κ1) is 17.9. The Morgan fingerprint density at radius 3 is 2.41 bits per heavy atom. The number of aromatic nitrogens is 3. The number of nitrogens with one attached hydrogen (secondary N) is 2. The standard InChI is InChI=1S/C21H25N5S/c1-2-26-20(18-6-4-3-5-7-18)16-25(21(26)27)17-23-12-14-24(15-13-23)19-8-10-22-11-9-19/h3-11,16H,2,12-15,17H2,1H3/p+2. The molecule has 2 aromatic heterocycles. The van der Waals surface area contributed by atoms with Crippen LogP contribution in [0.15, 0.2) is 61.1 Å². The lowest BCUT2D eigenvalue weighted by Crippen LogP contribution is -3.14. The summed E-state index contributed by atoms with van der Waals surface area (Å²) >= 11 is 5.78. The zero-order valence-electron chi connectivity index (χ0n) is 15.8. The van der Waals surface area contributed by atoms with Gasteiger partial charge in [0.1, 0.15) is 0 Å². The van der Waals surface area contributed by atoms with Crippen LogP contribution in [0.1, 0.15) is 6.92 Å². The van der Waals surface area contributed by atoms with Crippen LogP contribution in [0.4, 0.5) is 5.69 Å². The molecule has 0 bridgehead atoms. The maximum atomic E-state index is 5.78. The molecule has 0 amide bonds. The fourth-order valence-corrected chi connectivity index (χ4v) is 4.20. The number of piperazine rings is 1. The number of aromatic amines is 1. The molecule has 140 valence electrons. The molecular formula is C21H27N5S+2. The van der Waals surface area contributed by atoms with E-state index < -0.39 is 0 Å². The van der Waals surface area contributed by atoms with Gasteiger partial charge in [-0.15, -0.1) is 0 Å². The van der Waals surface area contributed by atoms with E-state index in [1.54, 1.807) is 4.90 Å². The summed E-state index contributed by atoms with van der Waals surface area (Å²) < 4.78 is 5.41. The van der Waals surface area contributed by atoms with Gasteiger partial charge in [-0.25, -0.2) is 4.98 Å². The molecule has 0 spiro atoms. The van der Waals surface area contributed by atoms with Gasteiger partial charge in [0.05, 0.1) is 31.9 Å². The number of pyridine rings is 1. The Morgan fingerprint density at radius 2 is 1.74 bits per heavy atom. The highest BCUT2D eigenvalue weighted by Gasteiger charge is 2.21. The number of hydrogen-bond acceptors (Lipinski definition) is 2. The number of hydrogen-bond donors (Lipinski definition) is 1. The topological polar surface area (TPSA) is 31.7 Å². The predicted molar refractivity (Wildman–Crippen MR) is 110 cm³/mol. The van der Waals surface area contributed by atoms with Gasteiger partial charge in [0.15, 0.2) is 23.8 Å². The maximum Gasteiger partial charge on any atom is 0.184 e. The molecule has 1 aliphatic rings. The molecule has 5 nitrogen and oxygen atoms in total. The van der Waals surface area contributed by atoms with E-state index in [0.29, 0.717) is 0 Å². The van der Waals surface area contributed by atoms with Gasteiger partial charge in [-0.1, -0.05) is 30.3 Å². The smallest absolute Gasteiger partial charge is 0.184 e. The van der Waals surface area contributed by atoms with Gasteiger partial charge >= 0.3 is 0 Å². The molecule has 1 aliphatic heterocycles. The molecule has 0 radical (unpaired) electrons. The van der Waals surface area contributed by atoms with Crippen LogP contribution in [-0.4, -0.2) is 35.3 Å². The maximum absolute atomic E-state index is 5.78. The van der Waals surface area contributed by atoms with Crippen molar-refractivity contribution in [3.8, 4) is 11.3 Å². The Labute approximate surface area is 165 Å². The molecule has 1 aromatic carbocycles. The Morgan fingerprint density at radius 1 is 1.04 bits per heavy atom. The first-order chi connectivity index (χ1) is 13.3. The average molecular weight is 382 g/mol. The van der Waals surface area contributed by atoms with Gasteiger partial charge in [0.2, 0.25) is 0 Å². The summed E-state index contributed by atoms with van der Waals surface area (Å²) in [4.78, 5) is 7.14. The Kier molecular flexibility index (Phi) is 5.36. The first-order valence-corrected chi connectivity index (χ1v) is 10.1. The van der Waals surface area contributed by atoms with Crippen molar-refractivity contribution in [3.05, 3.63) is 65.8 Å². The minimum absolute atomic E-state index is 0.893. The van der Waals surface area contributed by atoms with E-state index in [-0.39, 0.29) is 0 Å². The number of rotatable bonds is 5. The van der Waals surface area contributed by atoms with E-state index in [0.717, 1.165) is 44.2 Å². The number of anilines is 1. The van der Waals surface area contributed by atoms with Crippen LogP contribution in [-0.2, 0) is 13.2 Å². The van der Waals surface area contributed by atoms with Crippen molar-refractivity contribution in [2.75, 3.05) is 31.1 Å². The van der Waals surface area contributed by atoms with Crippen molar-refractivity contribution in [1.82, 2.24) is 9.13 Å². The minimum atomic E-state index is 0.893. The summed E-state index contributed by atoms with van der Waals surface area (Å²) in [5, 5.41) is 0. The molecule has 2 N–H and O–H groups in total. The van der Waals surface area contributed by atoms with Crippen LogP contribution in [0, 0.1) is 4.77 Å². The monoisotopic (exact) mass is 381 g/mol. The van der Waals surface area contributed by atoms with Gasteiger partial charge in [0.25, 0.3) is 0 Å². The fourth-order valence-electron chi connectivity index (χ4n) is 3.86. The van der Waals surface area contributed by atoms with Crippen molar-refractivity contribution in [2.45, 2.75) is 20.1 Å². The number of imidazole rings is 1. The van der Waals surface area contributed by atoms with Crippen molar-refractivity contribution < 1.29 is 9.88 Å². The van der Waals surface area contributed by atoms with Crippen LogP contribution in [0.5, 0.6) is 0 Å². The lowest BCUT2D eigenvalue weighted by Gasteiger charge is -2.33. The second-order valence-electron chi connectivity index (χ2n) is 7.03. The van der Waals surface area contributed by atoms with Gasteiger partial charge in [0, 0.05) is 30.6 Å². The molecule has 4 rings (SSSR count). The molecule has 6 heteroatoms. The third-order valence-corrected chi connectivity index (χ3v) is 5.82. The number of benzene rings is 1. The molecule has 27 heavy (non-hydrogen) atoms. The Bertz CT molecular complexity index is 924. The molecule has 3 aromatic rings. The summed E-state index contributed by atoms with van der Waals surface area (Å²) in [6.07, 6.45) is 6.21. The van der Waals surface area contributed by atoms with E-state index in [1.165, 1.54) is 16.9 Å². The van der Waals surface area contributed by atoms with E-state index >= 15 is 0 Å². The SMILES string of the molecule is CCn1c(-c2ccccc2)cn(C[NH+]2CCN(c3cc[nH+]cc3)CC2)c1=S. The zero-order chi connectivity index (χ0) is 18.6. The highest BCUT2D eigenvalue weighted by molar-refractivity contribution is 7.71. The zero-order valence-corrected chi connectivity index (χ0v) is 16.6. The third-order valence-electron chi connectivity index (χ3n) is 5.36. The van der Waals surface area contributed by atoms with Gasteiger partial charge in [-0.3, -0.25) is 4.57 Å². The van der Waals surface area contributed by atoms with Gasteiger partial charge in [-0.05, 0) is 24.7 Å². The summed E-state index contributed by atoms with van der Waals surface area (Å²) in [5.41, 5.74) is 3.74. The van der Waals surface area contributed by atoms with E-state index in [9.17, 15) is 0 Å². The largest absolute Gasteiger partial charge is 0.360 e. The van der Waals surface area contributed by atoms with Crippen LogP contribution in [0.25, 0.3) is 11.3 Å². The lowest BCUT2D eigenvalue weighted by atomic mass is 10.2. The second kappa shape index (κ2) is 8.06. The van der Waals surface area contributed by atoms with Gasteiger partial charge < -0.3 is 14.4 Å². The van der Waals surface area contributed by atoms with E-state index in [4.69, 9.17) is 12.2 Å². The van der Waals surface area contributed by atoms with Crippen LogP contribution in [0.3, 0.4) is 0 Å². The number of nitrogens with zero attached hydrogens (tertiary/aromatic N) is 3. The quantitative estimate of drug-likeness (QED) is 0.685. The molecule has 1 fully saturated rings. The summed E-state index contributed by atoms with van der Waals surface area (Å²) in [6.45, 7) is 8.39. The first-order valence-electron chi connectivity index (χ1n) is 9.66. The van der Waals surface area contributed by atoms with Crippen LogP contribution >= 0.6 is 12.2 Å². The van der Waals surface area contributed by atoms with Crippen LogP contribution in [0.2, 0.25) is 0 Å². The molecule has 0 atom stereocenters. The van der Waals surface area contributed by atoms with Crippen molar-refractivity contribution in [2.24, 2.45) is 0 Å². The van der Waals surface area contributed by atoms with Gasteiger partial charge in [-0.2, -0.15) is 0 Å². The third kappa shape index (κ3) is 3.82. The molecule has 0 aliphatic carbocycles. The molecule has 3 heterocycles. The van der Waals surface area contributed by atoms with Crippen LogP contribution < -0.4 is 14.8 Å². The highest BCUT2D eigenvalue weighted by atomic mass is 32.1. The molecule has 0 unspecified atom stereocenters. The molecule has 1 saturated heterocycles. The lowest BCUT2D eigenvalue weighted by molar-refractivity contribution is -0.923.